The van der Waals surface area contributed by atoms with Crippen molar-refractivity contribution in [3.8, 4) is 0 Å². The van der Waals surface area contributed by atoms with Crippen molar-refractivity contribution in [2.24, 2.45) is 0 Å². The van der Waals surface area contributed by atoms with E-state index in [1.54, 1.807) is 6.33 Å². The average molecular weight is 263 g/mol. The van der Waals surface area contributed by atoms with E-state index >= 15 is 0 Å². The zero-order valence-electron chi connectivity index (χ0n) is 11.3. The normalized spacial score (nSPS) is 29.8. The van der Waals surface area contributed by atoms with E-state index in [9.17, 15) is 5.11 Å². The van der Waals surface area contributed by atoms with Crippen molar-refractivity contribution in [3.05, 3.63) is 23.8 Å². The number of likely N-dealkylation sites (tertiary alicyclic amines) is 1. The Labute approximate surface area is 113 Å². The third-order valence-electron chi connectivity index (χ3n) is 4.34. The molecule has 5 nitrogen and oxygen atoms in total. The van der Waals surface area contributed by atoms with Crippen molar-refractivity contribution in [3.63, 3.8) is 0 Å². The van der Waals surface area contributed by atoms with Crippen LogP contribution in [-0.2, 0) is 4.74 Å². The van der Waals surface area contributed by atoms with E-state index in [-0.39, 0.29) is 12.1 Å². The monoisotopic (exact) mass is 263 g/mol. The van der Waals surface area contributed by atoms with E-state index in [4.69, 9.17) is 4.74 Å². The lowest BCUT2D eigenvalue weighted by atomic mass is 9.90. The summed E-state index contributed by atoms with van der Waals surface area (Å²) in [5.41, 5.74) is 2.38. The van der Waals surface area contributed by atoms with Gasteiger partial charge in [-0.15, -0.1) is 0 Å². The zero-order valence-corrected chi connectivity index (χ0v) is 11.3. The number of ether oxygens (including phenoxy) is 1. The van der Waals surface area contributed by atoms with Crippen molar-refractivity contribution in [1.82, 2.24) is 14.9 Å². The van der Waals surface area contributed by atoms with Crippen molar-refractivity contribution in [1.29, 1.82) is 0 Å². The lowest BCUT2D eigenvalue weighted by molar-refractivity contribution is 0.0660. The maximum absolute atomic E-state index is 9.88. The molecule has 2 aliphatic rings. The summed E-state index contributed by atoms with van der Waals surface area (Å²) < 4.78 is 5.34. The summed E-state index contributed by atoms with van der Waals surface area (Å²) in [6.45, 7) is 5.25. The van der Waals surface area contributed by atoms with E-state index in [0.29, 0.717) is 19.1 Å². The Morgan fingerprint density at radius 1 is 1.32 bits per heavy atom. The van der Waals surface area contributed by atoms with Crippen LogP contribution in [0.2, 0.25) is 0 Å². The fourth-order valence-electron chi connectivity index (χ4n) is 3.22. The van der Waals surface area contributed by atoms with Crippen molar-refractivity contribution < 1.29 is 9.84 Å². The number of rotatable bonds is 2. The SMILES string of the molecule is Cc1cncnc1C1CCN([C@H]2COC[C@H]2O)CC1. The zero-order chi connectivity index (χ0) is 13.2. The predicted octanol–water partition coefficient (Wildman–Crippen LogP) is 0.724. The largest absolute Gasteiger partial charge is 0.389 e. The molecule has 0 saturated carbocycles. The molecule has 0 amide bonds. The first-order chi connectivity index (χ1) is 9.25. The maximum Gasteiger partial charge on any atom is 0.115 e. The molecule has 3 rings (SSSR count). The number of aromatic nitrogens is 2. The van der Waals surface area contributed by atoms with Crippen molar-refractivity contribution >= 4 is 0 Å². The van der Waals surface area contributed by atoms with Gasteiger partial charge in [0.05, 0.1) is 25.4 Å². The molecule has 1 aromatic rings. The molecule has 19 heavy (non-hydrogen) atoms. The molecule has 0 unspecified atom stereocenters. The first kappa shape index (κ1) is 13.0. The van der Waals surface area contributed by atoms with Gasteiger partial charge in [-0.1, -0.05) is 0 Å². The fraction of sp³-hybridized carbons (Fsp3) is 0.714. The molecule has 0 radical (unpaired) electrons. The van der Waals surface area contributed by atoms with E-state index in [1.165, 1.54) is 11.3 Å². The van der Waals surface area contributed by atoms with Gasteiger partial charge in [-0.05, 0) is 38.4 Å². The molecular weight excluding hydrogens is 242 g/mol. The number of aliphatic hydroxyl groups is 1. The highest BCUT2D eigenvalue weighted by atomic mass is 16.5. The Balaban J connectivity index is 1.62. The summed E-state index contributed by atoms with van der Waals surface area (Å²) in [7, 11) is 0. The van der Waals surface area contributed by atoms with Gasteiger partial charge in [0, 0.05) is 17.8 Å². The first-order valence-electron chi connectivity index (χ1n) is 7.02. The van der Waals surface area contributed by atoms with Crippen molar-refractivity contribution in [2.75, 3.05) is 26.3 Å². The lowest BCUT2D eigenvalue weighted by Crippen LogP contribution is -2.46. The molecule has 2 atom stereocenters. The second kappa shape index (κ2) is 5.53. The standard InChI is InChI=1S/C14H21N3O2/c1-10-6-15-9-16-14(10)11-2-4-17(5-3-11)12-7-19-8-13(12)18/h6,9,11-13,18H,2-5,7-8H2,1H3/t12-,13+/m0/s1. The Hall–Kier alpha value is -1.04. The first-order valence-corrected chi connectivity index (χ1v) is 7.02. The molecular formula is C14H21N3O2. The van der Waals surface area contributed by atoms with Crippen LogP contribution >= 0.6 is 0 Å². The van der Waals surface area contributed by atoms with Gasteiger partial charge in [-0.25, -0.2) is 9.97 Å². The Bertz CT molecular complexity index is 432. The summed E-state index contributed by atoms with van der Waals surface area (Å²) in [4.78, 5) is 10.9. The molecule has 5 heteroatoms. The number of aryl methyl sites for hydroxylation is 1. The second-order valence-corrected chi connectivity index (χ2v) is 5.57. The van der Waals surface area contributed by atoms with Gasteiger partial charge in [0.15, 0.2) is 0 Å². The van der Waals surface area contributed by atoms with Crippen LogP contribution in [0.25, 0.3) is 0 Å². The Kier molecular flexibility index (Phi) is 3.77. The van der Waals surface area contributed by atoms with E-state index in [2.05, 4.69) is 21.8 Å². The number of hydrogen-bond donors (Lipinski definition) is 1. The third-order valence-corrected chi connectivity index (χ3v) is 4.34. The van der Waals surface area contributed by atoms with Crippen LogP contribution in [0.1, 0.15) is 30.0 Å². The molecule has 2 fully saturated rings. The minimum atomic E-state index is -0.322. The second-order valence-electron chi connectivity index (χ2n) is 5.57. The molecule has 0 spiro atoms. The van der Waals surface area contributed by atoms with Crippen LogP contribution in [0.3, 0.4) is 0 Å². The minimum Gasteiger partial charge on any atom is -0.389 e. The summed E-state index contributed by atoms with van der Waals surface area (Å²) in [6, 6.07) is 0.187. The van der Waals surface area contributed by atoms with Crippen LogP contribution in [0, 0.1) is 6.92 Å². The highest BCUT2D eigenvalue weighted by molar-refractivity contribution is 5.19. The lowest BCUT2D eigenvalue weighted by Gasteiger charge is -2.36. The number of aliphatic hydroxyl groups excluding tert-OH is 1. The predicted molar refractivity (Wildman–Crippen MR) is 70.9 cm³/mol. The van der Waals surface area contributed by atoms with Crippen LogP contribution < -0.4 is 0 Å². The molecule has 104 valence electrons. The average Bonchev–Trinajstić information content (AvgIpc) is 2.86. The van der Waals surface area contributed by atoms with Crippen LogP contribution in [0.15, 0.2) is 12.5 Å². The summed E-state index contributed by atoms with van der Waals surface area (Å²) >= 11 is 0. The molecule has 0 bridgehead atoms. The summed E-state index contributed by atoms with van der Waals surface area (Å²) in [5, 5.41) is 9.88. The van der Waals surface area contributed by atoms with Gasteiger partial charge in [-0.3, -0.25) is 4.90 Å². The third kappa shape index (κ3) is 2.63. The van der Waals surface area contributed by atoms with Gasteiger partial charge >= 0.3 is 0 Å². The Morgan fingerprint density at radius 3 is 2.74 bits per heavy atom. The number of hydrogen-bond acceptors (Lipinski definition) is 5. The molecule has 0 aliphatic carbocycles. The smallest absolute Gasteiger partial charge is 0.115 e. The number of piperidine rings is 1. The van der Waals surface area contributed by atoms with E-state index < -0.39 is 0 Å². The molecule has 0 aromatic carbocycles. The summed E-state index contributed by atoms with van der Waals surface area (Å²) in [5.74, 6) is 0.527. The summed E-state index contributed by atoms with van der Waals surface area (Å²) in [6.07, 6.45) is 5.41. The fourth-order valence-corrected chi connectivity index (χ4v) is 3.22. The number of nitrogens with zero attached hydrogens (tertiary/aromatic N) is 3. The van der Waals surface area contributed by atoms with E-state index in [1.807, 2.05) is 6.20 Å². The molecule has 1 aromatic heterocycles. The van der Waals surface area contributed by atoms with Crippen LogP contribution in [-0.4, -0.2) is 58.4 Å². The van der Waals surface area contributed by atoms with Gasteiger partial charge in [-0.2, -0.15) is 0 Å². The molecule has 2 saturated heterocycles. The topological polar surface area (TPSA) is 58.5 Å². The van der Waals surface area contributed by atoms with Gasteiger partial charge in [0.25, 0.3) is 0 Å². The van der Waals surface area contributed by atoms with Crippen LogP contribution in [0.4, 0.5) is 0 Å². The van der Waals surface area contributed by atoms with Gasteiger partial charge < -0.3 is 9.84 Å². The maximum atomic E-state index is 9.88. The van der Waals surface area contributed by atoms with Gasteiger partial charge in [0.2, 0.25) is 0 Å². The minimum absolute atomic E-state index is 0.187. The van der Waals surface area contributed by atoms with Crippen molar-refractivity contribution in [2.45, 2.75) is 37.8 Å². The Morgan fingerprint density at radius 2 is 2.11 bits per heavy atom. The van der Waals surface area contributed by atoms with E-state index in [0.717, 1.165) is 25.9 Å². The molecule has 3 heterocycles. The van der Waals surface area contributed by atoms with Crippen LogP contribution in [0.5, 0.6) is 0 Å². The highest BCUT2D eigenvalue weighted by Crippen LogP contribution is 2.30. The quantitative estimate of drug-likeness (QED) is 0.852. The highest BCUT2D eigenvalue weighted by Gasteiger charge is 2.34. The molecule has 2 aliphatic heterocycles. The van der Waals surface area contributed by atoms with Gasteiger partial charge in [0.1, 0.15) is 6.33 Å². The molecule has 1 N–H and O–H groups in total.